The molecule has 11 heavy (non-hydrogen) atoms. The maximum absolute atomic E-state index is 8.28. The van der Waals surface area contributed by atoms with Gasteiger partial charge in [-0.3, -0.25) is 0 Å². The zero-order valence-electron chi connectivity index (χ0n) is 6.10. The third kappa shape index (κ3) is 0.982. The Hall–Kier alpha value is -1.06. The summed E-state index contributed by atoms with van der Waals surface area (Å²) in [7, 11) is 0. The number of hydrogen-bond donors (Lipinski definition) is 1. The van der Waals surface area contributed by atoms with E-state index in [-0.39, 0.29) is 6.10 Å². The lowest BCUT2D eigenvalue weighted by Gasteiger charge is -2.04. The molecule has 2 aliphatic rings. The Morgan fingerprint density at radius 3 is 3.36 bits per heavy atom. The van der Waals surface area contributed by atoms with E-state index in [0.29, 0.717) is 5.92 Å². The zero-order chi connectivity index (χ0) is 7.68. The van der Waals surface area contributed by atoms with Gasteiger partial charge in [-0.25, -0.2) is 0 Å². The smallest absolute Gasteiger partial charge is 0.136 e. The van der Waals surface area contributed by atoms with Gasteiger partial charge in [0.1, 0.15) is 11.8 Å². The largest absolute Gasteiger partial charge is 0.411 e. The predicted molar refractivity (Wildman–Crippen MR) is 39.9 cm³/mol. The van der Waals surface area contributed by atoms with E-state index in [4.69, 9.17) is 10.0 Å². The molecule has 4 nitrogen and oxygen atoms in total. The van der Waals surface area contributed by atoms with Crippen molar-refractivity contribution < 1.29 is 10.0 Å². The standard InChI is InChI=1S/C7H10N2O2/c10-8-4-6-5-2-1-3-7(5)11-9-6/h4-5,7,10H,1-3H2/b8-4+/t5-,7-/m0/s1. The van der Waals surface area contributed by atoms with Crippen molar-refractivity contribution in [1.82, 2.24) is 0 Å². The molecule has 2 rings (SSSR count). The molecule has 2 atom stereocenters. The van der Waals surface area contributed by atoms with Crippen LogP contribution in [0.2, 0.25) is 0 Å². The van der Waals surface area contributed by atoms with Gasteiger partial charge in [0.05, 0.1) is 6.21 Å². The van der Waals surface area contributed by atoms with Gasteiger partial charge in [-0.05, 0) is 19.3 Å². The Morgan fingerprint density at radius 1 is 1.64 bits per heavy atom. The molecule has 60 valence electrons. The number of hydrogen-bond acceptors (Lipinski definition) is 4. The van der Waals surface area contributed by atoms with Gasteiger partial charge in [-0.15, -0.1) is 0 Å². The van der Waals surface area contributed by atoms with Crippen LogP contribution >= 0.6 is 0 Å². The highest BCUT2D eigenvalue weighted by Gasteiger charge is 2.37. The lowest BCUT2D eigenvalue weighted by atomic mass is 10.0. The highest BCUT2D eigenvalue weighted by molar-refractivity contribution is 6.31. The Labute approximate surface area is 64.5 Å². The lowest BCUT2D eigenvalue weighted by molar-refractivity contribution is 0.0746. The third-order valence-corrected chi connectivity index (χ3v) is 2.32. The number of nitrogens with zero attached hydrogens (tertiary/aromatic N) is 2. The van der Waals surface area contributed by atoms with Crippen LogP contribution in [0.5, 0.6) is 0 Å². The van der Waals surface area contributed by atoms with Crippen molar-refractivity contribution in [3.05, 3.63) is 0 Å². The monoisotopic (exact) mass is 154 g/mol. The average Bonchev–Trinajstić information content (AvgIpc) is 2.53. The SMILES string of the molecule is O/N=C/C1=NO[C@H]2CCC[C@@H]12. The summed E-state index contributed by atoms with van der Waals surface area (Å²) in [6.45, 7) is 0. The molecule has 0 unspecified atom stereocenters. The zero-order valence-corrected chi connectivity index (χ0v) is 6.10. The predicted octanol–water partition coefficient (Wildman–Crippen LogP) is 1.00. The molecule has 0 spiro atoms. The molecule has 1 aliphatic carbocycles. The van der Waals surface area contributed by atoms with Gasteiger partial charge in [-0.2, -0.15) is 0 Å². The summed E-state index contributed by atoms with van der Waals surface area (Å²) in [6, 6.07) is 0. The van der Waals surface area contributed by atoms with E-state index < -0.39 is 0 Å². The van der Waals surface area contributed by atoms with E-state index in [0.717, 1.165) is 18.6 Å². The minimum absolute atomic E-state index is 0.253. The Balaban J connectivity index is 2.11. The first-order chi connectivity index (χ1) is 5.42. The summed E-state index contributed by atoms with van der Waals surface area (Å²) in [5.41, 5.74) is 0.787. The van der Waals surface area contributed by atoms with Gasteiger partial charge < -0.3 is 10.0 Å². The number of fused-ring (bicyclic) bond motifs is 1. The minimum atomic E-state index is 0.253. The molecule has 1 heterocycles. The second kappa shape index (κ2) is 2.53. The molecule has 0 bridgehead atoms. The van der Waals surface area contributed by atoms with Crippen molar-refractivity contribution in [3.63, 3.8) is 0 Å². The molecule has 0 saturated heterocycles. The van der Waals surface area contributed by atoms with E-state index in [1.807, 2.05) is 0 Å². The summed E-state index contributed by atoms with van der Waals surface area (Å²) < 4.78 is 0. The highest BCUT2D eigenvalue weighted by atomic mass is 16.6. The first-order valence-corrected chi connectivity index (χ1v) is 3.83. The van der Waals surface area contributed by atoms with Crippen LogP contribution in [0.4, 0.5) is 0 Å². The van der Waals surface area contributed by atoms with Crippen LogP contribution in [0.1, 0.15) is 19.3 Å². The first-order valence-electron chi connectivity index (χ1n) is 3.83. The maximum atomic E-state index is 8.28. The second-order valence-electron chi connectivity index (χ2n) is 2.94. The summed E-state index contributed by atoms with van der Waals surface area (Å²) in [5, 5.41) is 15.0. The van der Waals surface area contributed by atoms with E-state index in [9.17, 15) is 0 Å². The van der Waals surface area contributed by atoms with Gasteiger partial charge in [0, 0.05) is 5.92 Å². The molecule has 1 N–H and O–H groups in total. The Kier molecular flexibility index (Phi) is 1.52. The summed E-state index contributed by atoms with van der Waals surface area (Å²) >= 11 is 0. The van der Waals surface area contributed by atoms with E-state index >= 15 is 0 Å². The van der Waals surface area contributed by atoms with E-state index in [2.05, 4.69) is 10.3 Å². The van der Waals surface area contributed by atoms with Crippen LogP contribution in [0.3, 0.4) is 0 Å². The second-order valence-corrected chi connectivity index (χ2v) is 2.94. The van der Waals surface area contributed by atoms with Crippen molar-refractivity contribution >= 4 is 11.9 Å². The van der Waals surface area contributed by atoms with Gasteiger partial charge >= 0.3 is 0 Å². The van der Waals surface area contributed by atoms with Crippen molar-refractivity contribution in [2.75, 3.05) is 0 Å². The fourth-order valence-electron chi connectivity index (χ4n) is 1.77. The third-order valence-electron chi connectivity index (χ3n) is 2.32. The average molecular weight is 154 g/mol. The molecular weight excluding hydrogens is 144 g/mol. The normalized spacial score (nSPS) is 35.5. The Morgan fingerprint density at radius 2 is 2.55 bits per heavy atom. The van der Waals surface area contributed by atoms with Gasteiger partial charge in [0.2, 0.25) is 0 Å². The van der Waals surface area contributed by atoms with Crippen molar-refractivity contribution in [2.45, 2.75) is 25.4 Å². The number of rotatable bonds is 1. The van der Waals surface area contributed by atoms with Crippen LogP contribution in [0.15, 0.2) is 10.3 Å². The molecule has 0 aromatic carbocycles. The van der Waals surface area contributed by atoms with Crippen LogP contribution in [-0.2, 0) is 4.84 Å². The van der Waals surface area contributed by atoms with Crippen LogP contribution < -0.4 is 0 Å². The molecule has 0 aromatic heterocycles. The first kappa shape index (κ1) is 6.64. The van der Waals surface area contributed by atoms with Crippen LogP contribution in [-0.4, -0.2) is 23.2 Å². The van der Waals surface area contributed by atoms with Crippen molar-refractivity contribution in [3.8, 4) is 0 Å². The molecule has 1 fully saturated rings. The molecule has 1 aliphatic heterocycles. The fraction of sp³-hybridized carbons (Fsp3) is 0.714. The van der Waals surface area contributed by atoms with Crippen molar-refractivity contribution in [2.24, 2.45) is 16.2 Å². The highest BCUT2D eigenvalue weighted by Crippen LogP contribution is 2.33. The maximum Gasteiger partial charge on any atom is 0.136 e. The molecule has 0 radical (unpaired) electrons. The molecule has 1 saturated carbocycles. The van der Waals surface area contributed by atoms with Crippen LogP contribution in [0.25, 0.3) is 0 Å². The fourth-order valence-corrected chi connectivity index (χ4v) is 1.77. The quantitative estimate of drug-likeness (QED) is 0.348. The summed E-state index contributed by atoms with van der Waals surface area (Å²) in [6.07, 6.45) is 5.00. The summed E-state index contributed by atoms with van der Waals surface area (Å²) in [5.74, 6) is 0.380. The molecular formula is C7H10N2O2. The van der Waals surface area contributed by atoms with Crippen LogP contribution in [0, 0.1) is 5.92 Å². The van der Waals surface area contributed by atoms with E-state index in [1.54, 1.807) is 0 Å². The summed E-state index contributed by atoms with van der Waals surface area (Å²) in [4.78, 5) is 5.13. The van der Waals surface area contributed by atoms with E-state index in [1.165, 1.54) is 12.6 Å². The lowest BCUT2D eigenvalue weighted by Crippen LogP contribution is -2.17. The molecule has 0 amide bonds. The molecule has 4 heteroatoms. The Bertz CT molecular complexity index is 212. The van der Waals surface area contributed by atoms with Crippen molar-refractivity contribution in [1.29, 1.82) is 0 Å². The topological polar surface area (TPSA) is 54.2 Å². The minimum Gasteiger partial charge on any atom is -0.411 e. The number of oxime groups is 2. The van der Waals surface area contributed by atoms with Gasteiger partial charge in [-0.1, -0.05) is 10.3 Å². The molecule has 0 aromatic rings. The van der Waals surface area contributed by atoms with Gasteiger partial charge in [0.15, 0.2) is 0 Å². The van der Waals surface area contributed by atoms with Gasteiger partial charge in [0.25, 0.3) is 0 Å².